The molecule has 0 atom stereocenters. The molecule has 4 heteroatoms. The van der Waals surface area contributed by atoms with Crippen molar-refractivity contribution in [1.82, 2.24) is 4.98 Å². The Morgan fingerprint density at radius 1 is 1.24 bits per heavy atom. The first-order chi connectivity index (χ1) is 8.09. The molecule has 1 aromatic heterocycles. The Morgan fingerprint density at radius 2 is 1.88 bits per heavy atom. The number of H-pyrrole nitrogens is 1. The van der Waals surface area contributed by atoms with E-state index in [9.17, 15) is 9.59 Å². The second-order valence-corrected chi connectivity index (χ2v) is 3.74. The van der Waals surface area contributed by atoms with E-state index in [1.54, 1.807) is 6.92 Å². The smallest absolute Gasteiger partial charge is 0.341 e. The fourth-order valence-electron chi connectivity index (χ4n) is 1.70. The first-order valence-electron chi connectivity index (χ1n) is 5.12. The lowest BCUT2D eigenvalue weighted by atomic mass is 10.1. The van der Waals surface area contributed by atoms with Crippen LogP contribution in [0.3, 0.4) is 0 Å². The lowest BCUT2D eigenvalue weighted by Gasteiger charge is -2.06. The van der Waals surface area contributed by atoms with Crippen molar-refractivity contribution >= 4 is 5.97 Å². The van der Waals surface area contributed by atoms with Gasteiger partial charge >= 0.3 is 5.97 Å². The summed E-state index contributed by atoms with van der Waals surface area (Å²) in [6.45, 7) is 1.77. The SMILES string of the molecule is Cc1cc(C(=O)O)c(=O)[nH]c1-c1ccccc1. The maximum Gasteiger partial charge on any atom is 0.341 e. The van der Waals surface area contributed by atoms with Crippen LogP contribution in [0.4, 0.5) is 0 Å². The van der Waals surface area contributed by atoms with Gasteiger partial charge in [-0.25, -0.2) is 4.79 Å². The van der Waals surface area contributed by atoms with Crippen LogP contribution in [-0.2, 0) is 0 Å². The summed E-state index contributed by atoms with van der Waals surface area (Å²) in [6, 6.07) is 10.7. The number of benzene rings is 1. The molecule has 0 spiro atoms. The van der Waals surface area contributed by atoms with E-state index in [0.29, 0.717) is 5.69 Å². The Kier molecular flexibility index (Phi) is 2.78. The topological polar surface area (TPSA) is 70.2 Å². The minimum Gasteiger partial charge on any atom is -0.477 e. The zero-order valence-electron chi connectivity index (χ0n) is 9.23. The maximum absolute atomic E-state index is 11.6. The van der Waals surface area contributed by atoms with Crippen molar-refractivity contribution in [2.45, 2.75) is 6.92 Å². The average Bonchev–Trinajstić information content (AvgIpc) is 2.32. The molecule has 0 saturated heterocycles. The maximum atomic E-state index is 11.6. The molecule has 2 aromatic rings. The Labute approximate surface area is 97.6 Å². The van der Waals surface area contributed by atoms with Crippen LogP contribution in [0.1, 0.15) is 15.9 Å². The third kappa shape index (κ3) is 2.10. The minimum atomic E-state index is -1.21. The van der Waals surface area contributed by atoms with E-state index < -0.39 is 11.5 Å². The van der Waals surface area contributed by atoms with Crippen molar-refractivity contribution in [3.8, 4) is 11.3 Å². The second kappa shape index (κ2) is 4.25. The van der Waals surface area contributed by atoms with Gasteiger partial charge in [-0.15, -0.1) is 0 Å². The van der Waals surface area contributed by atoms with E-state index in [4.69, 9.17) is 5.11 Å². The van der Waals surface area contributed by atoms with Gasteiger partial charge in [0, 0.05) is 0 Å². The molecule has 0 amide bonds. The molecule has 1 heterocycles. The molecule has 2 rings (SSSR count). The summed E-state index contributed by atoms with van der Waals surface area (Å²) >= 11 is 0. The molecule has 1 aromatic carbocycles. The molecule has 0 unspecified atom stereocenters. The largest absolute Gasteiger partial charge is 0.477 e. The van der Waals surface area contributed by atoms with E-state index in [1.807, 2.05) is 30.3 Å². The highest BCUT2D eigenvalue weighted by molar-refractivity contribution is 5.88. The van der Waals surface area contributed by atoms with E-state index in [1.165, 1.54) is 6.07 Å². The van der Waals surface area contributed by atoms with Crippen LogP contribution in [0.5, 0.6) is 0 Å². The Hall–Kier alpha value is -2.36. The van der Waals surface area contributed by atoms with Gasteiger partial charge in [-0.05, 0) is 24.1 Å². The van der Waals surface area contributed by atoms with E-state index in [-0.39, 0.29) is 5.56 Å². The number of nitrogens with one attached hydrogen (secondary N) is 1. The number of carbonyl (C=O) groups is 1. The van der Waals surface area contributed by atoms with Gasteiger partial charge in [-0.1, -0.05) is 30.3 Å². The molecular weight excluding hydrogens is 218 g/mol. The highest BCUT2D eigenvalue weighted by atomic mass is 16.4. The molecule has 2 N–H and O–H groups in total. The molecule has 86 valence electrons. The highest BCUT2D eigenvalue weighted by Gasteiger charge is 2.12. The number of pyridine rings is 1. The highest BCUT2D eigenvalue weighted by Crippen LogP contribution is 2.19. The number of hydrogen-bond donors (Lipinski definition) is 2. The van der Waals surface area contributed by atoms with Gasteiger partial charge in [-0.3, -0.25) is 4.79 Å². The van der Waals surface area contributed by atoms with Crippen molar-refractivity contribution in [1.29, 1.82) is 0 Å². The van der Waals surface area contributed by atoms with Crippen molar-refractivity contribution in [2.24, 2.45) is 0 Å². The van der Waals surface area contributed by atoms with Crippen molar-refractivity contribution in [3.63, 3.8) is 0 Å². The number of carboxylic acid groups (broad SMARTS) is 1. The zero-order valence-corrected chi connectivity index (χ0v) is 9.23. The molecule has 4 nitrogen and oxygen atoms in total. The van der Waals surface area contributed by atoms with Crippen LogP contribution in [0.15, 0.2) is 41.2 Å². The van der Waals surface area contributed by atoms with Gasteiger partial charge in [0.05, 0.1) is 5.69 Å². The quantitative estimate of drug-likeness (QED) is 0.827. The average molecular weight is 229 g/mol. The van der Waals surface area contributed by atoms with Gasteiger partial charge in [-0.2, -0.15) is 0 Å². The first-order valence-corrected chi connectivity index (χ1v) is 5.12. The first kappa shape index (κ1) is 11.1. The molecule has 0 fully saturated rings. The Bertz CT molecular complexity index is 614. The lowest BCUT2D eigenvalue weighted by molar-refractivity contribution is 0.0695. The number of carboxylic acids is 1. The fraction of sp³-hybridized carbons (Fsp3) is 0.0769. The lowest BCUT2D eigenvalue weighted by Crippen LogP contribution is -2.18. The normalized spacial score (nSPS) is 10.2. The van der Waals surface area contributed by atoms with E-state index in [0.717, 1.165) is 11.1 Å². The van der Waals surface area contributed by atoms with Crippen LogP contribution in [0.25, 0.3) is 11.3 Å². The summed E-state index contributed by atoms with van der Waals surface area (Å²) in [5.74, 6) is -1.21. The molecule has 0 aliphatic heterocycles. The molecular formula is C13H11NO3. The summed E-state index contributed by atoms with van der Waals surface area (Å²) in [7, 11) is 0. The van der Waals surface area contributed by atoms with Crippen LogP contribution < -0.4 is 5.56 Å². The third-order valence-corrected chi connectivity index (χ3v) is 2.53. The fourth-order valence-corrected chi connectivity index (χ4v) is 1.70. The summed E-state index contributed by atoms with van der Waals surface area (Å²) in [5.41, 5.74) is 1.43. The van der Waals surface area contributed by atoms with Crippen molar-refractivity contribution < 1.29 is 9.90 Å². The monoisotopic (exact) mass is 229 g/mol. The van der Waals surface area contributed by atoms with Crippen LogP contribution >= 0.6 is 0 Å². The summed E-state index contributed by atoms with van der Waals surface area (Å²) in [5, 5.41) is 8.83. The van der Waals surface area contributed by atoms with Crippen LogP contribution in [0.2, 0.25) is 0 Å². The van der Waals surface area contributed by atoms with Gasteiger partial charge in [0.15, 0.2) is 0 Å². The Balaban J connectivity index is 2.63. The number of hydrogen-bond acceptors (Lipinski definition) is 2. The summed E-state index contributed by atoms with van der Waals surface area (Å²) < 4.78 is 0. The predicted octanol–water partition coefficient (Wildman–Crippen LogP) is 2.05. The number of aromatic nitrogens is 1. The number of aryl methyl sites for hydroxylation is 1. The van der Waals surface area contributed by atoms with Gasteiger partial charge < -0.3 is 10.1 Å². The third-order valence-electron chi connectivity index (χ3n) is 2.53. The van der Waals surface area contributed by atoms with Gasteiger partial charge in [0.25, 0.3) is 5.56 Å². The Morgan fingerprint density at radius 3 is 2.47 bits per heavy atom. The predicted molar refractivity (Wildman–Crippen MR) is 64.2 cm³/mol. The summed E-state index contributed by atoms with van der Waals surface area (Å²) in [4.78, 5) is 25.0. The second-order valence-electron chi connectivity index (χ2n) is 3.74. The molecule has 17 heavy (non-hydrogen) atoms. The van der Waals surface area contributed by atoms with Gasteiger partial charge in [0.2, 0.25) is 0 Å². The van der Waals surface area contributed by atoms with E-state index in [2.05, 4.69) is 4.98 Å². The molecule has 0 radical (unpaired) electrons. The summed E-state index contributed by atoms with van der Waals surface area (Å²) in [6.07, 6.45) is 0. The zero-order chi connectivity index (χ0) is 12.4. The number of aromatic amines is 1. The minimum absolute atomic E-state index is 0.234. The molecule has 0 saturated carbocycles. The van der Waals surface area contributed by atoms with Crippen LogP contribution in [0, 0.1) is 6.92 Å². The molecule has 0 aliphatic carbocycles. The van der Waals surface area contributed by atoms with Crippen molar-refractivity contribution in [2.75, 3.05) is 0 Å². The number of aromatic carboxylic acids is 1. The van der Waals surface area contributed by atoms with E-state index >= 15 is 0 Å². The number of rotatable bonds is 2. The standard InChI is InChI=1S/C13H11NO3/c1-8-7-10(13(16)17)12(15)14-11(8)9-5-3-2-4-6-9/h2-7H,1H3,(H,14,15)(H,16,17). The molecule has 0 bridgehead atoms. The van der Waals surface area contributed by atoms with Crippen LogP contribution in [-0.4, -0.2) is 16.1 Å². The molecule has 0 aliphatic rings. The van der Waals surface area contributed by atoms with Gasteiger partial charge in [0.1, 0.15) is 5.56 Å². The van der Waals surface area contributed by atoms with Crippen molar-refractivity contribution in [3.05, 3.63) is 57.9 Å².